The van der Waals surface area contributed by atoms with Crippen molar-refractivity contribution in [3.63, 3.8) is 0 Å². The number of benzene rings is 1. The molecule has 2 rings (SSSR count). The maximum atomic E-state index is 5.21. The first-order chi connectivity index (χ1) is 8.81. The van der Waals surface area contributed by atoms with Crippen LogP contribution in [0.5, 0.6) is 11.5 Å². The predicted molar refractivity (Wildman–Crippen MR) is 67.7 cm³/mol. The molecule has 93 valence electrons. The molecule has 0 fully saturated rings. The van der Waals surface area contributed by atoms with Crippen LogP contribution in [0.2, 0.25) is 0 Å². The Hall–Kier alpha value is -2.30. The van der Waals surface area contributed by atoms with Crippen LogP contribution in [0.3, 0.4) is 0 Å². The molecule has 0 saturated heterocycles. The van der Waals surface area contributed by atoms with Gasteiger partial charge in [-0.15, -0.1) is 0 Å². The van der Waals surface area contributed by atoms with Crippen LogP contribution in [0.4, 0.5) is 5.95 Å². The van der Waals surface area contributed by atoms with Crippen molar-refractivity contribution in [3.05, 3.63) is 42.2 Å². The van der Waals surface area contributed by atoms with Gasteiger partial charge in [0.1, 0.15) is 11.5 Å². The smallest absolute Gasteiger partial charge is 0.222 e. The van der Waals surface area contributed by atoms with Gasteiger partial charge in [-0.05, 0) is 17.7 Å². The van der Waals surface area contributed by atoms with Crippen molar-refractivity contribution >= 4 is 5.95 Å². The van der Waals surface area contributed by atoms with Gasteiger partial charge in [-0.2, -0.15) is 0 Å². The highest BCUT2D eigenvalue weighted by atomic mass is 16.5. The summed E-state index contributed by atoms with van der Waals surface area (Å²) in [6.07, 6.45) is 3.14. The quantitative estimate of drug-likeness (QED) is 0.870. The van der Waals surface area contributed by atoms with Gasteiger partial charge in [0, 0.05) is 31.1 Å². The van der Waals surface area contributed by atoms with Gasteiger partial charge in [0.05, 0.1) is 14.2 Å². The third kappa shape index (κ3) is 3.10. The molecular formula is C13H14N3O2. The molecule has 1 aromatic heterocycles. The van der Waals surface area contributed by atoms with E-state index in [1.165, 1.54) is 0 Å². The Morgan fingerprint density at radius 3 is 2.22 bits per heavy atom. The molecule has 1 aromatic carbocycles. The third-order valence-corrected chi connectivity index (χ3v) is 2.38. The minimum absolute atomic E-state index is 0.565. The van der Waals surface area contributed by atoms with Crippen molar-refractivity contribution in [1.82, 2.24) is 9.97 Å². The van der Waals surface area contributed by atoms with Crippen LogP contribution in [0.1, 0.15) is 5.56 Å². The van der Waals surface area contributed by atoms with Gasteiger partial charge < -0.3 is 14.8 Å². The average molecular weight is 244 g/mol. The van der Waals surface area contributed by atoms with E-state index in [2.05, 4.69) is 21.4 Å². The number of hydrogen-bond acceptors (Lipinski definition) is 5. The summed E-state index contributed by atoms with van der Waals surface area (Å²) in [5.74, 6) is 2.08. The van der Waals surface area contributed by atoms with Crippen LogP contribution in [-0.4, -0.2) is 24.2 Å². The first kappa shape index (κ1) is 12.2. The van der Waals surface area contributed by atoms with Crippen LogP contribution in [0, 0.1) is 6.07 Å². The molecule has 0 aliphatic carbocycles. The number of aromatic nitrogens is 2. The summed E-state index contributed by atoms with van der Waals surface area (Å²) in [6.45, 7) is 0.595. The molecule has 1 N–H and O–H groups in total. The zero-order chi connectivity index (χ0) is 12.8. The highest BCUT2D eigenvalue weighted by molar-refractivity contribution is 5.40. The van der Waals surface area contributed by atoms with Crippen LogP contribution >= 0.6 is 0 Å². The summed E-state index contributed by atoms with van der Waals surface area (Å²) in [5, 5.41) is 3.11. The molecule has 0 aliphatic heterocycles. The number of methoxy groups -OCH3 is 2. The number of nitrogens with one attached hydrogen (secondary N) is 1. The Morgan fingerprint density at radius 1 is 1.06 bits per heavy atom. The van der Waals surface area contributed by atoms with Crippen molar-refractivity contribution in [2.75, 3.05) is 19.5 Å². The molecule has 0 spiro atoms. The van der Waals surface area contributed by atoms with Crippen molar-refractivity contribution in [3.8, 4) is 11.5 Å². The van der Waals surface area contributed by atoms with Crippen LogP contribution in [-0.2, 0) is 6.54 Å². The number of anilines is 1. The van der Waals surface area contributed by atoms with Gasteiger partial charge in [0.25, 0.3) is 0 Å². The number of ether oxygens (including phenoxy) is 2. The SMILES string of the molecule is COc1cc(CNc2nc[c]cn2)cc(OC)c1. The van der Waals surface area contributed by atoms with E-state index in [1.54, 1.807) is 26.6 Å². The van der Waals surface area contributed by atoms with Crippen LogP contribution in [0.25, 0.3) is 0 Å². The summed E-state index contributed by atoms with van der Waals surface area (Å²) < 4.78 is 10.4. The zero-order valence-electron chi connectivity index (χ0n) is 10.3. The Balaban J connectivity index is 2.09. The van der Waals surface area contributed by atoms with Crippen LogP contribution < -0.4 is 14.8 Å². The van der Waals surface area contributed by atoms with Gasteiger partial charge in [-0.1, -0.05) is 0 Å². The fraction of sp³-hybridized carbons (Fsp3) is 0.231. The molecule has 0 unspecified atom stereocenters. The third-order valence-electron chi connectivity index (χ3n) is 2.38. The molecule has 0 atom stereocenters. The molecule has 2 aromatic rings. The Kier molecular flexibility index (Phi) is 3.96. The minimum Gasteiger partial charge on any atom is -0.497 e. The van der Waals surface area contributed by atoms with E-state index >= 15 is 0 Å². The second-order valence-electron chi connectivity index (χ2n) is 3.58. The average Bonchev–Trinajstić information content (AvgIpc) is 2.45. The van der Waals surface area contributed by atoms with E-state index < -0.39 is 0 Å². The van der Waals surface area contributed by atoms with Gasteiger partial charge in [-0.25, -0.2) is 9.97 Å². The molecular weight excluding hydrogens is 230 g/mol. The van der Waals surface area contributed by atoms with E-state index in [-0.39, 0.29) is 0 Å². The number of nitrogens with zero attached hydrogens (tertiary/aromatic N) is 2. The molecule has 0 bridgehead atoms. The maximum absolute atomic E-state index is 5.21. The van der Waals surface area contributed by atoms with E-state index in [0.29, 0.717) is 12.5 Å². The molecule has 1 heterocycles. The van der Waals surface area contributed by atoms with E-state index in [1.807, 2.05) is 18.2 Å². The highest BCUT2D eigenvalue weighted by Crippen LogP contribution is 2.22. The maximum Gasteiger partial charge on any atom is 0.222 e. The molecule has 0 aliphatic rings. The lowest BCUT2D eigenvalue weighted by Crippen LogP contribution is -2.03. The first-order valence-corrected chi connectivity index (χ1v) is 5.45. The lowest BCUT2D eigenvalue weighted by molar-refractivity contribution is 0.393. The Morgan fingerprint density at radius 2 is 1.67 bits per heavy atom. The summed E-state index contributed by atoms with van der Waals surface area (Å²) in [5.41, 5.74) is 1.03. The molecule has 18 heavy (non-hydrogen) atoms. The van der Waals surface area contributed by atoms with Crippen molar-refractivity contribution in [2.24, 2.45) is 0 Å². The molecule has 0 amide bonds. The van der Waals surface area contributed by atoms with Gasteiger partial charge >= 0.3 is 0 Å². The monoisotopic (exact) mass is 244 g/mol. The van der Waals surface area contributed by atoms with E-state index in [4.69, 9.17) is 9.47 Å². The second-order valence-corrected chi connectivity index (χ2v) is 3.58. The summed E-state index contributed by atoms with van der Waals surface area (Å²) in [4.78, 5) is 8.08. The lowest BCUT2D eigenvalue weighted by Gasteiger charge is -2.09. The van der Waals surface area contributed by atoms with Crippen molar-refractivity contribution in [1.29, 1.82) is 0 Å². The second kappa shape index (κ2) is 5.86. The Labute approximate surface area is 106 Å². The standard InChI is InChI=1S/C13H14N3O2/c1-17-11-6-10(7-12(8-11)18-2)9-16-13-14-4-3-5-15-13/h4-8H,9H2,1-2H3,(H,14,15,16). The molecule has 5 heteroatoms. The number of rotatable bonds is 5. The summed E-state index contributed by atoms with van der Waals surface area (Å²) >= 11 is 0. The van der Waals surface area contributed by atoms with Gasteiger partial charge in [0.2, 0.25) is 5.95 Å². The van der Waals surface area contributed by atoms with E-state index in [9.17, 15) is 0 Å². The number of hydrogen-bond donors (Lipinski definition) is 1. The molecule has 1 radical (unpaired) electrons. The van der Waals surface area contributed by atoms with Crippen molar-refractivity contribution < 1.29 is 9.47 Å². The van der Waals surface area contributed by atoms with Gasteiger partial charge in [0.15, 0.2) is 0 Å². The summed E-state index contributed by atoms with van der Waals surface area (Å²) in [7, 11) is 3.25. The normalized spacial score (nSPS) is 9.89. The minimum atomic E-state index is 0.565. The fourth-order valence-corrected chi connectivity index (χ4v) is 1.50. The van der Waals surface area contributed by atoms with E-state index in [0.717, 1.165) is 17.1 Å². The van der Waals surface area contributed by atoms with Crippen molar-refractivity contribution in [2.45, 2.75) is 6.54 Å². The largest absolute Gasteiger partial charge is 0.497 e. The lowest BCUT2D eigenvalue weighted by atomic mass is 10.2. The first-order valence-electron chi connectivity index (χ1n) is 5.45. The molecule has 5 nitrogen and oxygen atoms in total. The van der Waals surface area contributed by atoms with Gasteiger partial charge in [-0.3, -0.25) is 0 Å². The fourth-order valence-electron chi connectivity index (χ4n) is 1.50. The molecule has 0 saturated carbocycles. The highest BCUT2D eigenvalue weighted by Gasteiger charge is 2.02. The predicted octanol–water partition coefficient (Wildman–Crippen LogP) is 1.91. The Bertz CT molecular complexity index is 481. The summed E-state index contributed by atoms with van der Waals surface area (Å²) in [6, 6.07) is 8.47. The van der Waals surface area contributed by atoms with Crippen LogP contribution in [0.15, 0.2) is 30.6 Å². The zero-order valence-corrected chi connectivity index (χ0v) is 10.3. The topological polar surface area (TPSA) is 56.3 Å².